The maximum absolute atomic E-state index is 13.7. The average molecular weight is 253 g/mol. The molecule has 18 heavy (non-hydrogen) atoms. The molecule has 0 aliphatic rings. The Balaban J connectivity index is 2.94. The zero-order valence-corrected chi connectivity index (χ0v) is 10.8. The van der Waals surface area contributed by atoms with E-state index in [0.717, 1.165) is 0 Å². The second-order valence-electron chi connectivity index (χ2n) is 4.96. The maximum atomic E-state index is 13.7. The number of amides is 1. The molecule has 0 saturated carbocycles. The van der Waals surface area contributed by atoms with E-state index in [1.807, 2.05) is 0 Å². The zero-order valence-electron chi connectivity index (χ0n) is 10.8. The number of anilines is 1. The molecule has 1 aromatic carbocycles. The molecule has 4 nitrogen and oxygen atoms in total. The molecule has 0 fully saturated rings. The summed E-state index contributed by atoms with van der Waals surface area (Å²) in [5, 5.41) is 2.29. The lowest BCUT2D eigenvalue weighted by molar-refractivity contribution is 0.0635. The Morgan fingerprint density at radius 2 is 2.00 bits per heavy atom. The van der Waals surface area contributed by atoms with E-state index in [1.165, 1.54) is 12.1 Å². The van der Waals surface area contributed by atoms with Gasteiger partial charge in [0, 0.05) is 0 Å². The molecule has 0 aliphatic carbocycles. The van der Waals surface area contributed by atoms with Gasteiger partial charge in [-0.1, -0.05) is 0 Å². The molecule has 0 saturated heterocycles. The number of carbonyl (C=O) groups excluding carboxylic acids is 2. The number of rotatable bonds is 2. The Hall–Kier alpha value is -1.91. The Morgan fingerprint density at radius 3 is 2.50 bits per heavy atom. The van der Waals surface area contributed by atoms with E-state index in [0.29, 0.717) is 11.8 Å². The fraction of sp³-hybridized carbons (Fsp3) is 0.385. The molecule has 5 heteroatoms. The summed E-state index contributed by atoms with van der Waals surface area (Å²) >= 11 is 0. The van der Waals surface area contributed by atoms with E-state index in [2.05, 4.69) is 5.32 Å². The van der Waals surface area contributed by atoms with Crippen LogP contribution in [0.25, 0.3) is 0 Å². The highest BCUT2D eigenvalue weighted by molar-refractivity contribution is 5.87. The summed E-state index contributed by atoms with van der Waals surface area (Å²) in [6, 6.07) is 2.84. The van der Waals surface area contributed by atoms with Crippen molar-refractivity contribution in [2.75, 3.05) is 5.32 Å². The molecule has 1 rings (SSSR count). The molecule has 1 amide bonds. The highest BCUT2D eigenvalue weighted by atomic mass is 19.1. The van der Waals surface area contributed by atoms with Crippen LogP contribution in [0, 0.1) is 12.7 Å². The molecule has 0 aliphatic heterocycles. The molecule has 1 aromatic rings. The third-order valence-corrected chi connectivity index (χ3v) is 2.01. The van der Waals surface area contributed by atoms with Gasteiger partial charge in [0.1, 0.15) is 5.60 Å². The topological polar surface area (TPSA) is 55.4 Å². The van der Waals surface area contributed by atoms with Gasteiger partial charge in [-0.3, -0.25) is 10.1 Å². The first-order valence-corrected chi connectivity index (χ1v) is 5.48. The van der Waals surface area contributed by atoms with Crippen LogP contribution in [-0.2, 0) is 4.74 Å². The number of aryl methyl sites for hydroxylation is 1. The normalized spacial score (nSPS) is 10.9. The predicted octanol–water partition coefficient (Wildman–Crippen LogP) is 3.29. The number of aldehydes is 1. The molecule has 98 valence electrons. The summed E-state index contributed by atoms with van der Waals surface area (Å²) in [7, 11) is 0. The predicted molar refractivity (Wildman–Crippen MR) is 66.4 cm³/mol. The van der Waals surface area contributed by atoms with Crippen molar-refractivity contribution in [1.82, 2.24) is 0 Å². The lowest BCUT2D eigenvalue weighted by Crippen LogP contribution is -2.27. The molecule has 0 aromatic heterocycles. The van der Waals surface area contributed by atoms with Crippen molar-refractivity contribution in [3.63, 3.8) is 0 Å². The zero-order chi connectivity index (χ0) is 13.9. The van der Waals surface area contributed by atoms with Crippen LogP contribution in [0.5, 0.6) is 0 Å². The molecule has 1 N–H and O–H groups in total. The molecular formula is C13H16FNO3. The smallest absolute Gasteiger partial charge is 0.412 e. The van der Waals surface area contributed by atoms with Gasteiger partial charge in [0.05, 0.1) is 11.3 Å². The van der Waals surface area contributed by atoms with Crippen LogP contribution in [0.2, 0.25) is 0 Å². The Kier molecular flexibility index (Phi) is 4.06. The number of halogens is 1. The fourth-order valence-electron chi connectivity index (χ4n) is 1.39. The summed E-state index contributed by atoms with van der Waals surface area (Å²) in [6.07, 6.45) is -0.355. The third kappa shape index (κ3) is 3.84. The van der Waals surface area contributed by atoms with Crippen LogP contribution in [0.3, 0.4) is 0 Å². The van der Waals surface area contributed by atoms with Crippen LogP contribution < -0.4 is 5.32 Å². The van der Waals surface area contributed by atoms with Crippen LogP contribution in [-0.4, -0.2) is 18.0 Å². The maximum Gasteiger partial charge on any atom is 0.412 e. The first-order chi connectivity index (χ1) is 8.23. The van der Waals surface area contributed by atoms with Crippen molar-refractivity contribution < 1.29 is 18.7 Å². The summed E-state index contributed by atoms with van der Waals surface area (Å²) < 4.78 is 18.7. The van der Waals surface area contributed by atoms with Gasteiger partial charge in [-0.15, -0.1) is 0 Å². The van der Waals surface area contributed by atoms with Crippen LogP contribution in [0.1, 0.15) is 36.7 Å². The number of nitrogens with one attached hydrogen (secondary N) is 1. The van der Waals surface area contributed by atoms with Gasteiger partial charge >= 0.3 is 6.09 Å². The Morgan fingerprint density at radius 1 is 1.39 bits per heavy atom. The molecule has 0 radical (unpaired) electrons. The van der Waals surface area contributed by atoms with Gasteiger partial charge in [0.15, 0.2) is 12.1 Å². The van der Waals surface area contributed by atoms with Gasteiger partial charge in [-0.05, 0) is 45.4 Å². The first kappa shape index (κ1) is 14.2. The van der Waals surface area contributed by atoms with Crippen molar-refractivity contribution in [3.05, 3.63) is 29.1 Å². The van der Waals surface area contributed by atoms with Gasteiger partial charge in [-0.2, -0.15) is 0 Å². The van der Waals surface area contributed by atoms with E-state index in [9.17, 15) is 14.0 Å². The van der Waals surface area contributed by atoms with Crippen molar-refractivity contribution in [2.24, 2.45) is 0 Å². The largest absolute Gasteiger partial charge is 0.444 e. The van der Waals surface area contributed by atoms with E-state index in [1.54, 1.807) is 27.7 Å². The highest BCUT2D eigenvalue weighted by Crippen LogP contribution is 2.20. The van der Waals surface area contributed by atoms with Crippen LogP contribution >= 0.6 is 0 Å². The summed E-state index contributed by atoms with van der Waals surface area (Å²) in [4.78, 5) is 22.2. The van der Waals surface area contributed by atoms with Gasteiger partial charge in [0.25, 0.3) is 0 Å². The summed E-state index contributed by atoms with van der Waals surface area (Å²) in [5.74, 6) is -0.763. The number of hydrogen-bond acceptors (Lipinski definition) is 3. The van der Waals surface area contributed by atoms with Crippen molar-refractivity contribution in [3.8, 4) is 0 Å². The number of benzene rings is 1. The lowest BCUT2D eigenvalue weighted by Gasteiger charge is -2.20. The SMILES string of the molecule is Cc1cc(C=O)c(F)c(NC(=O)OC(C)(C)C)c1. The second kappa shape index (κ2) is 5.16. The molecular weight excluding hydrogens is 237 g/mol. The number of ether oxygens (including phenoxy) is 1. The van der Waals surface area contributed by atoms with Crippen LogP contribution in [0.4, 0.5) is 14.9 Å². The fourth-order valence-corrected chi connectivity index (χ4v) is 1.39. The van der Waals surface area contributed by atoms with Gasteiger partial charge < -0.3 is 4.74 Å². The minimum absolute atomic E-state index is 0.0636. The molecule has 0 unspecified atom stereocenters. The van der Waals surface area contributed by atoms with E-state index in [-0.39, 0.29) is 11.3 Å². The summed E-state index contributed by atoms with van der Waals surface area (Å²) in [6.45, 7) is 6.81. The third-order valence-electron chi connectivity index (χ3n) is 2.01. The van der Waals surface area contributed by atoms with Gasteiger partial charge in [0.2, 0.25) is 0 Å². The molecule has 0 bridgehead atoms. The quantitative estimate of drug-likeness (QED) is 0.823. The van der Waals surface area contributed by atoms with E-state index < -0.39 is 17.5 Å². The Labute approximate surface area is 105 Å². The van der Waals surface area contributed by atoms with Gasteiger partial charge in [-0.25, -0.2) is 9.18 Å². The first-order valence-electron chi connectivity index (χ1n) is 5.48. The van der Waals surface area contributed by atoms with E-state index in [4.69, 9.17) is 4.74 Å². The molecule has 0 spiro atoms. The summed E-state index contributed by atoms with van der Waals surface area (Å²) in [5.41, 5.74) is -0.158. The van der Waals surface area contributed by atoms with Crippen molar-refractivity contribution >= 4 is 18.1 Å². The molecule has 0 atom stereocenters. The molecule has 0 heterocycles. The van der Waals surface area contributed by atoms with E-state index >= 15 is 0 Å². The average Bonchev–Trinajstić information content (AvgIpc) is 2.20. The number of hydrogen-bond donors (Lipinski definition) is 1. The minimum atomic E-state index is -0.763. The van der Waals surface area contributed by atoms with Crippen molar-refractivity contribution in [2.45, 2.75) is 33.3 Å². The Bertz CT molecular complexity index is 478. The monoisotopic (exact) mass is 253 g/mol. The standard InChI is InChI=1S/C13H16FNO3/c1-8-5-9(7-16)11(14)10(6-8)15-12(17)18-13(2,3)4/h5-7H,1-4H3,(H,15,17). The minimum Gasteiger partial charge on any atom is -0.444 e. The number of carbonyl (C=O) groups is 2. The highest BCUT2D eigenvalue weighted by Gasteiger charge is 2.18. The van der Waals surface area contributed by atoms with Crippen LogP contribution in [0.15, 0.2) is 12.1 Å². The lowest BCUT2D eigenvalue weighted by atomic mass is 10.1. The second-order valence-corrected chi connectivity index (χ2v) is 4.96. The van der Waals surface area contributed by atoms with Crippen molar-refractivity contribution in [1.29, 1.82) is 0 Å².